The Kier molecular flexibility index (Phi) is 3.47. The first-order valence-corrected chi connectivity index (χ1v) is 6.96. The number of furan rings is 1. The predicted octanol–water partition coefficient (Wildman–Crippen LogP) is 3.42. The van der Waals surface area contributed by atoms with Gasteiger partial charge in [0.25, 0.3) is 5.91 Å². The van der Waals surface area contributed by atoms with E-state index in [1.54, 1.807) is 24.3 Å². The molecule has 2 N–H and O–H groups in total. The summed E-state index contributed by atoms with van der Waals surface area (Å²) in [6.45, 7) is 0. The molecule has 0 aliphatic rings. The highest BCUT2D eigenvalue weighted by Gasteiger charge is 2.20. The number of amides is 1. The Bertz CT molecular complexity index is 828. The number of benzene rings is 1. The number of rotatable bonds is 3. The number of nitrogens with zero attached hydrogens (tertiary/aromatic N) is 1. The lowest BCUT2D eigenvalue weighted by Crippen LogP contribution is -2.13. The minimum atomic E-state index is -0.600. The van der Waals surface area contributed by atoms with Crippen LogP contribution in [0.4, 0.5) is 4.39 Å². The van der Waals surface area contributed by atoms with Gasteiger partial charge in [-0.2, -0.15) is 0 Å². The Balaban J connectivity index is 2.11. The van der Waals surface area contributed by atoms with Gasteiger partial charge in [0.2, 0.25) is 0 Å². The van der Waals surface area contributed by atoms with Gasteiger partial charge < -0.3 is 10.2 Å². The van der Waals surface area contributed by atoms with Crippen molar-refractivity contribution in [1.82, 2.24) is 4.98 Å². The SMILES string of the molecule is NC(=O)c1c(Cc2ccc(F)cc2)oc2ccc(Br)nc12. The fraction of sp³-hybridized carbons (Fsp3) is 0.0667. The number of nitrogens with two attached hydrogens (primary N) is 1. The Morgan fingerprint density at radius 3 is 2.62 bits per heavy atom. The van der Waals surface area contributed by atoms with Crippen molar-refractivity contribution in [1.29, 1.82) is 0 Å². The second kappa shape index (κ2) is 5.29. The normalized spacial score (nSPS) is 11.0. The Hall–Kier alpha value is -2.21. The van der Waals surface area contributed by atoms with E-state index in [1.165, 1.54) is 12.1 Å². The summed E-state index contributed by atoms with van der Waals surface area (Å²) in [5.74, 6) is -0.491. The van der Waals surface area contributed by atoms with Crippen LogP contribution in [0.1, 0.15) is 21.7 Å². The highest BCUT2D eigenvalue weighted by molar-refractivity contribution is 9.10. The lowest BCUT2D eigenvalue weighted by Gasteiger charge is -2.00. The largest absolute Gasteiger partial charge is 0.458 e. The van der Waals surface area contributed by atoms with Crippen LogP contribution >= 0.6 is 15.9 Å². The molecule has 0 radical (unpaired) electrons. The van der Waals surface area contributed by atoms with Gasteiger partial charge in [0.05, 0.1) is 0 Å². The number of carbonyl (C=O) groups is 1. The molecule has 0 saturated carbocycles. The van der Waals surface area contributed by atoms with Crippen LogP contribution in [0.2, 0.25) is 0 Å². The van der Waals surface area contributed by atoms with Crippen molar-refractivity contribution in [2.45, 2.75) is 6.42 Å². The zero-order valence-corrected chi connectivity index (χ0v) is 12.4. The topological polar surface area (TPSA) is 69.1 Å². The van der Waals surface area contributed by atoms with Gasteiger partial charge in [-0.15, -0.1) is 0 Å². The van der Waals surface area contributed by atoms with Crippen molar-refractivity contribution in [2.24, 2.45) is 5.73 Å². The van der Waals surface area contributed by atoms with Crippen LogP contribution in [0.5, 0.6) is 0 Å². The summed E-state index contributed by atoms with van der Waals surface area (Å²) in [6, 6.07) is 9.42. The van der Waals surface area contributed by atoms with Crippen molar-refractivity contribution < 1.29 is 13.6 Å². The third-order valence-corrected chi connectivity index (χ3v) is 3.54. The third-order valence-electron chi connectivity index (χ3n) is 3.10. The Morgan fingerprint density at radius 1 is 1.24 bits per heavy atom. The van der Waals surface area contributed by atoms with Crippen molar-refractivity contribution >= 4 is 32.9 Å². The molecule has 0 bridgehead atoms. The monoisotopic (exact) mass is 348 g/mol. The van der Waals surface area contributed by atoms with Gasteiger partial charge in [0.15, 0.2) is 5.58 Å². The number of pyridine rings is 1. The first-order valence-electron chi connectivity index (χ1n) is 6.17. The third kappa shape index (κ3) is 2.67. The maximum atomic E-state index is 12.9. The molecule has 2 heterocycles. The highest BCUT2D eigenvalue weighted by Crippen LogP contribution is 2.27. The van der Waals surface area contributed by atoms with E-state index in [4.69, 9.17) is 10.2 Å². The summed E-state index contributed by atoms with van der Waals surface area (Å²) in [5, 5.41) is 0. The molecular formula is C15H10BrFN2O2. The molecule has 1 aromatic carbocycles. The number of fused-ring (bicyclic) bond motifs is 1. The summed E-state index contributed by atoms with van der Waals surface area (Å²) in [7, 11) is 0. The average Bonchev–Trinajstić information content (AvgIpc) is 2.78. The number of aromatic nitrogens is 1. The fourth-order valence-corrected chi connectivity index (χ4v) is 2.48. The van der Waals surface area contributed by atoms with E-state index in [2.05, 4.69) is 20.9 Å². The van der Waals surface area contributed by atoms with E-state index in [-0.39, 0.29) is 11.4 Å². The molecular weight excluding hydrogens is 339 g/mol. The van der Waals surface area contributed by atoms with Crippen molar-refractivity contribution in [3.63, 3.8) is 0 Å². The van der Waals surface area contributed by atoms with Gasteiger partial charge in [0, 0.05) is 6.42 Å². The van der Waals surface area contributed by atoms with Crippen LogP contribution in [0.3, 0.4) is 0 Å². The molecule has 0 fully saturated rings. The van der Waals surface area contributed by atoms with E-state index < -0.39 is 5.91 Å². The van der Waals surface area contributed by atoms with Crippen molar-refractivity contribution in [3.05, 3.63) is 63.7 Å². The summed E-state index contributed by atoms with van der Waals surface area (Å²) < 4.78 is 19.2. The van der Waals surface area contributed by atoms with E-state index in [0.29, 0.717) is 27.9 Å². The first-order chi connectivity index (χ1) is 10.0. The molecule has 4 nitrogen and oxygen atoms in total. The molecule has 3 aromatic rings. The average molecular weight is 349 g/mol. The summed E-state index contributed by atoms with van der Waals surface area (Å²) >= 11 is 3.25. The molecule has 0 saturated heterocycles. The smallest absolute Gasteiger partial charge is 0.254 e. The minimum absolute atomic E-state index is 0.260. The van der Waals surface area contributed by atoms with Gasteiger partial charge >= 0.3 is 0 Å². The lowest BCUT2D eigenvalue weighted by molar-refractivity contribution is 0.1000. The predicted molar refractivity (Wildman–Crippen MR) is 79.4 cm³/mol. The maximum Gasteiger partial charge on any atom is 0.254 e. The Labute approximate surface area is 127 Å². The van der Waals surface area contributed by atoms with E-state index >= 15 is 0 Å². The van der Waals surface area contributed by atoms with Crippen molar-refractivity contribution in [3.8, 4) is 0 Å². The van der Waals surface area contributed by atoms with Gasteiger partial charge in [-0.1, -0.05) is 12.1 Å². The molecule has 0 atom stereocenters. The molecule has 0 aliphatic heterocycles. The zero-order valence-electron chi connectivity index (χ0n) is 10.8. The maximum absolute atomic E-state index is 12.9. The fourth-order valence-electron chi connectivity index (χ4n) is 2.17. The summed E-state index contributed by atoms with van der Waals surface area (Å²) in [6.07, 6.45) is 0.340. The first kappa shape index (κ1) is 13.8. The van der Waals surface area contributed by atoms with E-state index in [0.717, 1.165) is 5.56 Å². The standard InChI is InChI=1S/C15H10BrFN2O2/c16-12-6-5-10-14(19-12)13(15(18)20)11(21-10)7-8-1-3-9(17)4-2-8/h1-6H,7H2,(H2,18,20). The summed E-state index contributed by atoms with van der Waals surface area (Å²) in [4.78, 5) is 15.9. The molecule has 106 valence electrons. The van der Waals surface area contributed by atoms with Crippen LogP contribution in [0.15, 0.2) is 45.4 Å². The quantitative estimate of drug-likeness (QED) is 0.737. The molecule has 0 unspecified atom stereocenters. The lowest BCUT2D eigenvalue weighted by atomic mass is 10.1. The van der Waals surface area contributed by atoms with Crippen LogP contribution < -0.4 is 5.73 Å². The second-order valence-electron chi connectivity index (χ2n) is 4.55. The molecule has 21 heavy (non-hydrogen) atoms. The van der Waals surface area contributed by atoms with Gasteiger partial charge in [-0.3, -0.25) is 4.79 Å². The number of hydrogen-bond acceptors (Lipinski definition) is 3. The molecule has 2 aromatic heterocycles. The number of carbonyl (C=O) groups excluding carboxylic acids is 1. The zero-order chi connectivity index (χ0) is 15.0. The Morgan fingerprint density at radius 2 is 1.95 bits per heavy atom. The molecule has 1 amide bonds. The number of hydrogen-bond donors (Lipinski definition) is 1. The van der Waals surface area contributed by atoms with E-state index in [9.17, 15) is 9.18 Å². The molecule has 3 rings (SSSR count). The van der Waals surface area contributed by atoms with Crippen LogP contribution in [-0.4, -0.2) is 10.9 Å². The van der Waals surface area contributed by atoms with Gasteiger partial charge in [-0.05, 0) is 45.8 Å². The highest BCUT2D eigenvalue weighted by atomic mass is 79.9. The number of primary amides is 1. The van der Waals surface area contributed by atoms with Gasteiger partial charge in [0.1, 0.15) is 27.3 Å². The second-order valence-corrected chi connectivity index (χ2v) is 5.36. The van der Waals surface area contributed by atoms with Crippen molar-refractivity contribution in [2.75, 3.05) is 0 Å². The van der Waals surface area contributed by atoms with E-state index in [1.807, 2.05) is 0 Å². The van der Waals surface area contributed by atoms with Crippen LogP contribution in [-0.2, 0) is 6.42 Å². The number of halogens is 2. The van der Waals surface area contributed by atoms with Crippen LogP contribution in [0.25, 0.3) is 11.1 Å². The van der Waals surface area contributed by atoms with Crippen LogP contribution in [0, 0.1) is 5.82 Å². The summed E-state index contributed by atoms with van der Waals surface area (Å²) in [5.41, 5.74) is 7.43. The molecule has 6 heteroatoms. The minimum Gasteiger partial charge on any atom is -0.458 e. The van der Waals surface area contributed by atoms with Gasteiger partial charge in [-0.25, -0.2) is 9.37 Å². The molecule has 0 aliphatic carbocycles. The molecule has 0 spiro atoms.